The average Bonchev–Trinajstić information content (AvgIpc) is 2.86. The molecule has 2 rings (SSSR count). The molecule has 0 bridgehead atoms. The number of carbonyl (C=O) groups is 2. The number of amides is 2. The first-order chi connectivity index (χ1) is 7.70. The number of aromatic amines is 1. The predicted octanol–water partition coefficient (Wildman–Crippen LogP) is -0.537. The van der Waals surface area contributed by atoms with Crippen molar-refractivity contribution in [1.29, 1.82) is 0 Å². The van der Waals surface area contributed by atoms with Crippen molar-refractivity contribution in [1.82, 2.24) is 20.6 Å². The van der Waals surface area contributed by atoms with E-state index in [0.29, 0.717) is 12.2 Å². The fourth-order valence-corrected chi connectivity index (χ4v) is 1.39. The molecule has 1 aromatic rings. The molecule has 2 amide bonds. The number of carbonyl (C=O) groups excluding carboxylic acids is 2. The number of H-pyrrole nitrogens is 1. The number of hydrogen-bond donors (Lipinski definition) is 3. The Hall–Kier alpha value is -2.18. The van der Waals surface area contributed by atoms with Gasteiger partial charge in [-0.3, -0.25) is 20.2 Å². The molecule has 1 atom stereocenters. The van der Waals surface area contributed by atoms with Crippen molar-refractivity contribution in [2.24, 2.45) is 4.99 Å². The Morgan fingerprint density at radius 1 is 1.38 bits per heavy atom. The average molecular weight is 221 g/mol. The van der Waals surface area contributed by atoms with E-state index in [1.54, 1.807) is 12.4 Å². The van der Waals surface area contributed by atoms with E-state index >= 15 is 0 Å². The second-order valence-electron chi connectivity index (χ2n) is 3.28. The van der Waals surface area contributed by atoms with E-state index in [-0.39, 0.29) is 12.0 Å². The third-order valence-corrected chi connectivity index (χ3v) is 2.18. The van der Waals surface area contributed by atoms with Crippen molar-refractivity contribution >= 4 is 17.8 Å². The zero-order chi connectivity index (χ0) is 11.5. The standard InChI is InChI=1S/C9H11N5O2/c1-2-5(6-10-3-4-11-6)12-9-13-7(15)8(16)14-9/h3-5H,2H2,1H3,(H,10,11)(H2,12,13,14,15,16). The van der Waals surface area contributed by atoms with Crippen LogP contribution in [0.15, 0.2) is 17.4 Å². The van der Waals surface area contributed by atoms with E-state index < -0.39 is 11.8 Å². The molecule has 0 aromatic carbocycles. The van der Waals surface area contributed by atoms with E-state index in [2.05, 4.69) is 25.6 Å². The Kier molecular flexibility index (Phi) is 2.67. The van der Waals surface area contributed by atoms with Gasteiger partial charge in [0.25, 0.3) is 0 Å². The highest BCUT2D eigenvalue weighted by Gasteiger charge is 2.26. The Morgan fingerprint density at radius 3 is 2.56 bits per heavy atom. The highest BCUT2D eigenvalue weighted by Crippen LogP contribution is 2.16. The molecule has 0 spiro atoms. The largest absolute Gasteiger partial charge is 0.347 e. The summed E-state index contributed by atoms with van der Waals surface area (Å²) in [6.07, 6.45) is 4.04. The Morgan fingerprint density at radius 2 is 2.06 bits per heavy atom. The number of aromatic nitrogens is 2. The van der Waals surface area contributed by atoms with Crippen molar-refractivity contribution in [3.05, 3.63) is 18.2 Å². The zero-order valence-corrected chi connectivity index (χ0v) is 8.65. The highest BCUT2D eigenvalue weighted by atomic mass is 16.2. The van der Waals surface area contributed by atoms with Crippen LogP contribution in [0, 0.1) is 0 Å². The van der Waals surface area contributed by atoms with Crippen LogP contribution in [-0.4, -0.2) is 27.7 Å². The summed E-state index contributed by atoms with van der Waals surface area (Å²) in [4.78, 5) is 33.0. The summed E-state index contributed by atoms with van der Waals surface area (Å²) in [5, 5.41) is 4.68. The maximum atomic E-state index is 10.9. The minimum absolute atomic E-state index is 0.179. The molecule has 1 unspecified atom stereocenters. The van der Waals surface area contributed by atoms with Crippen molar-refractivity contribution in [3.8, 4) is 0 Å². The summed E-state index contributed by atoms with van der Waals surface area (Å²) in [5.41, 5.74) is 0. The van der Waals surface area contributed by atoms with Crippen LogP contribution in [0.4, 0.5) is 0 Å². The number of hydrogen-bond acceptors (Lipinski definition) is 4. The maximum Gasteiger partial charge on any atom is 0.316 e. The summed E-state index contributed by atoms with van der Waals surface area (Å²) in [7, 11) is 0. The number of imidazole rings is 1. The molecule has 1 aliphatic heterocycles. The highest BCUT2D eigenvalue weighted by molar-refractivity contribution is 6.45. The van der Waals surface area contributed by atoms with Crippen LogP contribution in [0.25, 0.3) is 0 Å². The van der Waals surface area contributed by atoms with Crippen LogP contribution >= 0.6 is 0 Å². The van der Waals surface area contributed by atoms with Gasteiger partial charge in [0, 0.05) is 12.4 Å². The van der Waals surface area contributed by atoms with Gasteiger partial charge in [0.05, 0.1) is 0 Å². The molecular formula is C9H11N5O2. The van der Waals surface area contributed by atoms with Crippen LogP contribution < -0.4 is 10.6 Å². The van der Waals surface area contributed by atoms with Crippen LogP contribution in [0.5, 0.6) is 0 Å². The molecule has 1 fully saturated rings. The Labute approximate surface area is 91.4 Å². The lowest BCUT2D eigenvalue weighted by molar-refractivity contribution is -0.135. The number of guanidine groups is 1. The van der Waals surface area contributed by atoms with Crippen molar-refractivity contribution < 1.29 is 9.59 Å². The minimum Gasteiger partial charge on any atom is -0.347 e. The molecule has 1 aliphatic rings. The first-order valence-electron chi connectivity index (χ1n) is 4.90. The molecule has 2 heterocycles. The Balaban J connectivity index is 2.16. The molecule has 0 aliphatic carbocycles. The molecule has 7 heteroatoms. The van der Waals surface area contributed by atoms with Gasteiger partial charge in [-0.15, -0.1) is 0 Å². The fourth-order valence-electron chi connectivity index (χ4n) is 1.39. The van der Waals surface area contributed by atoms with Gasteiger partial charge in [0.1, 0.15) is 11.9 Å². The van der Waals surface area contributed by atoms with Gasteiger partial charge in [-0.05, 0) is 6.42 Å². The van der Waals surface area contributed by atoms with Crippen LogP contribution in [-0.2, 0) is 9.59 Å². The molecule has 0 radical (unpaired) electrons. The summed E-state index contributed by atoms with van der Waals surface area (Å²) >= 11 is 0. The van der Waals surface area contributed by atoms with Crippen molar-refractivity contribution in [2.45, 2.75) is 19.4 Å². The number of nitrogens with zero attached hydrogens (tertiary/aromatic N) is 2. The molecule has 3 N–H and O–H groups in total. The van der Waals surface area contributed by atoms with Gasteiger partial charge in [0.2, 0.25) is 5.96 Å². The van der Waals surface area contributed by atoms with Crippen LogP contribution in [0.2, 0.25) is 0 Å². The SMILES string of the molecule is CCC(N=C1NC(=O)C(=O)N1)c1ncc[nH]1. The first-order valence-corrected chi connectivity index (χ1v) is 4.90. The van der Waals surface area contributed by atoms with Gasteiger partial charge >= 0.3 is 11.8 Å². The molecule has 1 saturated heterocycles. The van der Waals surface area contributed by atoms with Gasteiger partial charge in [-0.1, -0.05) is 6.92 Å². The first kappa shape index (κ1) is 10.3. The molecule has 1 aromatic heterocycles. The van der Waals surface area contributed by atoms with Gasteiger partial charge in [-0.2, -0.15) is 0 Å². The Bertz CT molecular complexity index is 419. The fraction of sp³-hybridized carbons (Fsp3) is 0.333. The zero-order valence-electron chi connectivity index (χ0n) is 8.65. The predicted molar refractivity (Wildman–Crippen MR) is 55.3 cm³/mol. The molecular weight excluding hydrogens is 210 g/mol. The maximum absolute atomic E-state index is 10.9. The van der Waals surface area contributed by atoms with Crippen molar-refractivity contribution in [3.63, 3.8) is 0 Å². The third-order valence-electron chi connectivity index (χ3n) is 2.18. The topological polar surface area (TPSA) is 99.2 Å². The van der Waals surface area contributed by atoms with Gasteiger partial charge in [0.15, 0.2) is 0 Å². The van der Waals surface area contributed by atoms with E-state index in [1.807, 2.05) is 6.92 Å². The number of aliphatic imine (C=N–C) groups is 1. The number of nitrogens with one attached hydrogen (secondary N) is 3. The number of rotatable bonds is 3. The van der Waals surface area contributed by atoms with Crippen LogP contribution in [0.1, 0.15) is 25.2 Å². The molecule has 0 saturated carbocycles. The lowest BCUT2D eigenvalue weighted by Gasteiger charge is -2.07. The summed E-state index contributed by atoms with van der Waals surface area (Å²) in [6.45, 7) is 1.94. The lowest BCUT2D eigenvalue weighted by Crippen LogP contribution is -2.26. The van der Waals surface area contributed by atoms with E-state index in [0.717, 1.165) is 0 Å². The monoisotopic (exact) mass is 221 g/mol. The smallest absolute Gasteiger partial charge is 0.316 e. The molecule has 84 valence electrons. The molecule has 7 nitrogen and oxygen atoms in total. The second kappa shape index (κ2) is 4.13. The van der Waals surface area contributed by atoms with E-state index in [4.69, 9.17) is 0 Å². The van der Waals surface area contributed by atoms with E-state index in [1.165, 1.54) is 0 Å². The summed E-state index contributed by atoms with van der Waals surface area (Å²) in [5.74, 6) is -0.496. The van der Waals surface area contributed by atoms with Crippen LogP contribution in [0.3, 0.4) is 0 Å². The normalized spacial score (nSPS) is 16.9. The van der Waals surface area contributed by atoms with E-state index in [9.17, 15) is 9.59 Å². The third kappa shape index (κ3) is 1.92. The quantitative estimate of drug-likeness (QED) is 0.598. The minimum atomic E-state index is -0.687. The molecule has 16 heavy (non-hydrogen) atoms. The van der Waals surface area contributed by atoms with Crippen molar-refractivity contribution in [2.75, 3.05) is 0 Å². The summed E-state index contributed by atoms with van der Waals surface area (Å²) in [6, 6.07) is -0.205. The lowest BCUT2D eigenvalue weighted by atomic mass is 10.2. The van der Waals surface area contributed by atoms with Gasteiger partial charge in [-0.25, -0.2) is 9.98 Å². The summed E-state index contributed by atoms with van der Waals surface area (Å²) < 4.78 is 0. The van der Waals surface area contributed by atoms with Gasteiger partial charge < -0.3 is 4.98 Å². The second-order valence-corrected chi connectivity index (χ2v) is 3.28.